The summed E-state index contributed by atoms with van der Waals surface area (Å²) in [5.41, 5.74) is 0. The summed E-state index contributed by atoms with van der Waals surface area (Å²) in [6.45, 7) is 1.88. The average molecular weight is 212 g/mol. The van der Waals surface area contributed by atoms with Crippen molar-refractivity contribution in [3.8, 4) is 0 Å². The Labute approximate surface area is 91.1 Å². The quantitative estimate of drug-likeness (QED) is 0.533. The van der Waals surface area contributed by atoms with Crippen molar-refractivity contribution in [1.82, 2.24) is 10.6 Å². The summed E-state index contributed by atoms with van der Waals surface area (Å²) in [6, 6.07) is -0.0957. The van der Waals surface area contributed by atoms with Crippen molar-refractivity contribution >= 4 is 6.03 Å². The Morgan fingerprint density at radius 1 is 1.47 bits per heavy atom. The molecular formula is C11H20N2O2. The lowest BCUT2D eigenvalue weighted by atomic mass is 9.94. The van der Waals surface area contributed by atoms with E-state index in [1.807, 2.05) is 0 Å². The Morgan fingerprint density at radius 3 is 3.00 bits per heavy atom. The number of methoxy groups -OCH3 is 1. The van der Waals surface area contributed by atoms with Crippen LogP contribution in [0.5, 0.6) is 0 Å². The Morgan fingerprint density at radius 2 is 2.33 bits per heavy atom. The highest BCUT2D eigenvalue weighted by molar-refractivity contribution is 5.73. The van der Waals surface area contributed by atoms with E-state index in [1.165, 1.54) is 6.42 Å². The van der Waals surface area contributed by atoms with E-state index in [2.05, 4.69) is 22.8 Å². The molecule has 4 nitrogen and oxygen atoms in total. The van der Waals surface area contributed by atoms with Gasteiger partial charge in [-0.1, -0.05) is 12.2 Å². The standard InChI is InChI=1S/C11H20N2O2/c1-15-8-7-12-11(14)13-9-10-5-3-2-4-6-10/h2-3,10H,4-9H2,1H3,(H2,12,13,14). The molecule has 0 aromatic carbocycles. The molecule has 0 bridgehead atoms. The third-order valence-electron chi connectivity index (χ3n) is 2.52. The molecule has 1 atom stereocenters. The third-order valence-corrected chi connectivity index (χ3v) is 2.52. The fourth-order valence-electron chi connectivity index (χ4n) is 1.61. The molecule has 86 valence electrons. The molecule has 0 aliphatic heterocycles. The number of carbonyl (C=O) groups is 1. The van der Waals surface area contributed by atoms with E-state index < -0.39 is 0 Å². The molecule has 0 fully saturated rings. The molecule has 1 aliphatic rings. The summed E-state index contributed by atoms with van der Waals surface area (Å²) >= 11 is 0. The van der Waals surface area contributed by atoms with Crippen LogP contribution in [-0.2, 0) is 4.74 Å². The topological polar surface area (TPSA) is 50.4 Å². The smallest absolute Gasteiger partial charge is 0.314 e. The van der Waals surface area contributed by atoms with Gasteiger partial charge in [0.25, 0.3) is 0 Å². The van der Waals surface area contributed by atoms with Gasteiger partial charge in [0.05, 0.1) is 6.61 Å². The Balaban J connectivity index is 2.03. The van der Waals surface area contributed by atoms with Crippen LogP contribution in [0, 0.1) is 5.92 Å². The van der Waals surface area contributed by atoms with Crippen LogP contribution < -0.4 is 10.6 Å². The lowest BCUT2D eigenvalue weighted by molar-refractivity contribution is 0.195. The third kappa shape index (κ3) is 5.42. The number of allylic oxidation sites excluding steroid dienone is 2. The van der Waals surface area contributed by atoms with Crippen LogP contribution in [0.1, 0.15) is 19.3 Å². The molecule has 0 aromatic rings. The van der Waals surface area contributed by atoms with Crippen LogP contribution in [0.2, 0.25) is 0 Å². The molecule has 1 rings (SSSR count). The largest absolute Gasteiger partial charge is 0.383 e. The van der Waals surface area contributed by atoms with Crippen molar-refractivity contribution in [2.24, 2.45) is 5.92 Å². The van der Waals surface area contributed by atoms with Gasteiger partial charge in [0.1, 0.15) is 0 Å². The first-order valence-electron chi connectivity index (χ1n) is 5.48. The van der Waals surface area contributed by atoms with Crippen LogP contribution in [0.15, 0.2) is 12.2 Å². The van der Waals surface area contributed by atoms with Crippen molar-refractivity contribution in [1.29, 1.82) is 0 Å². The minimum Gasteiger partial charge on any atom is -0.383 e. The van der Waals surface area contributed by atoms with Gasteiger partial charge in [0.2, 0.25) is 0 Å². The van der Waals surface area contributed by atoms with Gasteiger partial charge in [-0.05, 0) is 25.2 Å². The van der Waals surface area contributed by atoms with Gasteiger partial charge in [-0.25, -0.2) is 4.79 Å². The highest BCUT2D eigenvalue weighted by atomic mass is 16.5. The lowest BCUT2D eigenvalue weighted by Gasteiger charge is -2.18. The normalized spacial score (nSPS) is 19.9. The zero-order chi connectivity index (χ0) is 10.9. The number of hydrogen-bond donors (Lipinski definition) is 2. The van der Waals surface area contributed by atoms with Gasteiger partial charge in [-0.3, -0.25) is 0 Å². The number of carbonyl (C=O) groups excluding carboxylic acids is 1. The van der Waals surface area contributed by atoms with E-state index in [9.17, 15) is 4.79 Å². The molecule has 0 aromatic heterocycles. The van der Waals surface area contributed by atoms with Crippen LogP contribution >= 0.6 is 0 Å². The minimum atomic E-state index is -0.0957. The van der Waals surface area contributed by atoms with Gasteiger partial charge >= 0.3 is 6.03 Å². The zero-order valence-corrected chi connectivity index (χ0v) is 9.29. The number of nitrogens with one attached hydrogen (secondary N) is 2. The summed E-state index contributed by atoms with van der Waals surface area (Å²) in [7, 11) is 1.62. The number of ether oxygens (including phenoxy) is 1. The molecule has 0 heterocycles. The first-order chi connectivity index (χ1) is 7.33. The van der Waals surface area contributed by atoms with Crippen molar-refractivity contribution in [3.05, 3.63) is 12.2 Å². The first-order valence-corrected chi connectivity index (χ1v) is 5.48. The van der Waals surface area contributed by atoms with Crippen molar-refractivity contribution in [3.63, 3.8) is 0 Å². The first kappa shape index (κ1) is 12.0. The van der Waals surface area contributed by atoms with Crippen LogP contribution in [0.3, 0.4) is 0 Å². The van der Waals surface area contributed by atoms with E-state index in [1.54, 1.807) is 7.11 Å². The maximum absolute atomic E-state index is 11.3. The van der Waals surface area contributed by atoms with Crippen LogP contribution in [0.25, 0.3) is 0 Å². The number of urea groups is 1. The second kappa shape index (κ2) is 7.29. The monoisotopic (exact) mass is 212 g/mol. The van der Waals surface area contributed by atoms with Crippen LogP contribution in [0.4, 0.5) is 4.79 Å². The molecule has 1 aliphatic carbocycles. The second-order valence-electron chi connectivity index (χ2n) is 3.78. The van der Waals surface area contributed by atoms with Gasteiger partial charge in [-0.15, -0.1) is 0 Å². The molecule has 0 radical (unpaired) electrons. The SMILES string of the molecule is COCCNC(=O)NCC1CC=CCC1. The molecule has 0 saturated carbocycles. The van der Waals surface area contributed by atoms with E-state index in [0.29, 0.717) is 19.1 Å². The van der Waals surface area contributed by atoms with Gasteiger partial charge in [0, 0.05) is 20.2 Å². The molecule has 0 spiro atoms. The summed E-state index contributed by atoms with van der Waals surface area (Å²) in [4.78, 5) is 11.3. The Bertz CT molecular complexity index is 217. The number of amides is 2. The molecule has 2 amide bonds. The molecule has 2 N–H and O–H groups in total. The highest BCUT2D eigenvalue weighted by Gasteiger charge is 2.10. The molecule has 4 heteroatoms. The van der Waals surface area contributed by atoms with Gasteiger partial charge in [-0.2, -0.15) is 0 Å². The second-order valence-corrected chi connectivity index (χ2v) is 3.78. The van der Waals surface area contributed by atoms with Crippen molar-refractivity contribution < 1.29 is 9.53 Å². The van der Waals surface area contributed by atoms with Gasteiger partial charge in [0.15, 0.2) is 0 Å². The summed E-state index contributed by atoms with van der Waals surface area (Å²) in [5.74, 6) is 0.600. The molecule has 1 unspecified atom stereocenters. The fourth-order valence-corrected chi connectivity index (χ4v) is 1.61. The number of hydrogen-bond acceptors (Lipinski definition) is 2. The maximum Gasteiger partial charge on any atom is 0.314 e. The van der Waals surface area contributed by atoms with E-state index in [4.69, 9.17) is 4.74 Å². The molecule has 0 saturated heterocycles. The number of rotatable bonds is 5. The average Bonchev–Trinajstić information content (AvgIpc) is 2.28. The Hall–Kier alpha value is -1.03. The van der Waals surface area contributed by atoms with Crippen molar-refractivity contribution in [2.75, 3.05) is 26.8 Å². The predicted molar refractivity (Wildman–Crippen MR) is 59.8 cm³/mol. The van der Waals surface area contributed by atoms with E-state index >= 15 is 0 Å². The van der Waals surface area contributed by atoms with E-state index in [0.717, 1.165) is 19.4 Å². The maximum atomic E-state index is 11.3. The van der Waals surface area contributed by atoms with Gasteiger partial charge < -0.3 is 15.4 Å². The van der Waals surface area contributed by atoms with Crippen molar-refractivity contribution in [2.45, 2.75) is 19.3 Å². The van der Waals surface area contributed by atoms with Crippen LogP contribution in [-0.4, -0.2) is 32.8 Å². The summed E-state index contributed by atoms with van der Waals surface area (Å²) < 4.78 is 4.84. The minimum absolute atomic E-state index is 0.0957. The summed E-state index contributed by atoms with van der Waals surface area (Å²) in [6.07, 6.45) is 7.79. The van der Waals surface area contributed by atoms with E-state index in [-0.39, 0.29) is 6.03 Å². The summed E-state index contributed by atoms with van der Waals surface area (Å²) in [5, 5.41) is 5.60. The lowest BCUT2D eigenvalue weighted by Crippen LogP contribution is -2.39. The molecule has 15 heavy (non-hydrogen) atoms. The fraction of sp³-hybridized carbons (Fsp3) is 0.727. The molecular weight excluding hydrogens is 192 g/mol. The zero-order valence-electron chi connectivity index (χ0n) is 9.29. The predicted octanol–water partition coefficient (Wildman–Crippen LogP) is 1.29. The Kier molecular flexibility index (Phi) is 5.85. The highest BCUT2D eigenvalue weighted by Crippen LogP contribution is 2.16.